The van der Waals surface area contributed by atoms with Gasteiger partial charge in [0.05, 0.1) is 0 Å². The Hall–Kier alpha value is -9.42. The van der Waals surface area contributed by atoms with Crippen molar-refractivity contribution in [3.8, 4) is 68.3 Å². The summed E-state index contributed by atoms with van der Waals surface area (Å²) in [5.74, 6) is 3.70. The SMILES string of the molecule is c1cc2ccc1C[n+]1ccc(cc1)-c1nc3nc(n1)-c1cc[n+](cc1)Cc1ccc(cc1)C[n+]1ccc(cc1)-c1nc(nc(n1)-c1cc[n+](cc1)Cc1ccc(cc1)C[n+]1ccc-3cc1)-c1cc[n+](cc1)C2. The third-order valence-corrected chi connectivity index (χ3v) is 13.4. The Balaban J connectivity index is 0.940. The van der Waals surface area contributed by atoms with Crippen LogP contribution in [-0.2, 0) is 39.3 Å². The second-order valence-electron chi connectivity index (χ2n) is 18.6. The molecule has 0 saturated carbocycles. The first-order chi connectivity index (χ1) is 35.5. The van der Waals surface area contributed by atoms with E-state index < -0.39 is 0 Å². The van der Waals surface area contributed by atoms with E-state index in [0.29, 0.717) is 34.9 Å². The van der Waals surface area contributed by atoms with Gasteiger partial charge in [-0.3, -0.25) is 0 Å². The molecule has 8 aromatic heterocycles. The number of rotatable bonds is 0. The Morgan fingerprint density at radius 1 is 0.181 bits per heavy atom. The summed E-state index contributed by atoms with van der Waals surface area (Å²) in [5.41, 5.74) is 12.7. The van der Waals surface area contributed by atoms with Crippen molar-refractivity contribution < 1.29 is 27.4 Å². The summed E-state index contributed by atoms with van der Waals surface area (Å²) in [5, 5.41) is 0. The van der Waals surface area contributed by atoms with E-state index in [-0.39, 0.29) is 0 Å². The Kier molecular flexibility index (Phi) is 11.0. The third-order valence-electron chi connectivity index (χ3n) is 13.4. The van der Waals surface area contributed by atoms with Crippen LogP contribution in [0.1, 0.15) is 33.4 Å². The maximum Gasteiger partial charge on any atom is 0.173 e. The molecule has 0 amide bonds. The zero-order chi connectivity index (χ0) is 47.8. The van der Waals surface area contributed by atoms with E-state index in [0.717, 1.165) is 72.6 Å². The van der Waals surface area contributed by atoms with Gasteiger partial charge in [-0.1, -0.05) is 72.8 Å². The molecule has 0 saturated heterocycles. The Labute approximate surface area is 416 Å². The molecular formula is C60H48N12+6. The molecule has 12 nitrogen and oxygen atoms in total. The van der Waals surface area contributed by atoms with Crippen molar-refractivity contribution >= 4 is 0 Å². The van der Waals surface area contributed by atoms with Gasteiger partial charge in [-0.05, 0) is 0 Å². The molecule has 24 bridgehead atoms. The van der Waals surface area contributed by atoms with Gasteiger partial charge in [-0.2, -0.15) is 0 Å². The molecule has 72 heavy (non-hydrogen) atoms. The van der Waals surface area contributed by atoms with E-state index >= 15 is 0 Å². The van der Waals surface area contributed by atoms with Crippen LogP contribution in [0, 0.1) is 0 Å². The Bertz CT molecular complexity index is 3050. The first kappa shape index (κ1) is 42.7. The van der Waals surface area contributed by atoms with Crippen LogP contribution in [0.3, 0.4) is 0 Å². The van der Waals surface area contributed by atoms with E-state index in [1.165, 1.54) is 33.4 Å². The average Bonchev–Trinajstić information content (AvgIpc) is 3.43. The minimum atomic E-state index is 0.617. The molecule has 0 aliphatic carbocycles. The van der Waals surface area contributed by atoms with Gasteiger partial charge in [0.15, 0.2) is 149 Å². The first-order valence-electron chi connectivity index (χ1n) is 24.2. The lowest BCUT2D eigenvalue weighted by molar-refractivity contribution is -0.688. The van der Waals surface area contributed by atoms with Crippen molar-refractivity contribution in [2.75, 3.05) is 0 Å². The van der Waals surface area contributed by atoms with Crippen molar-refractivity contribution in [3.05, 3.63) is 253 Å². The molecule has 42 aliphatic heterocycles. The minimum Gasteiger partial charge on any atom is -0.208 e. The monoisotopic (exact) mass is 936 g/mol. The van der Waals surface area contributed by atoms with E-state index in [1.807, 2.05) is 0 Å². The molecular weight excluding hydrogens is 889 g/mol. The molecule has 3 aromatic carbocycles. The van der Waals surface area contributed by atoms with Gasteiger partial charge in [-0.15, -0.1) is 0 Å². The van der Waals surface area contributed by atoms with Gasteiger partial charge in [0.2, 0.25) is 0 Å². The van der Waals surface area contributed by atoms with E-state index in [1.54, 1.807) is 0 Å². The standard InChI is InChI=1S/C60H48N12/c1-2-44-4-3-43(1)37-67-25-13-49(14-26-67)55-61-57-51-17-29-69(30-18-51)39-45-5-9-47(10-6-45)41-71-33-21-53(22-34-71)59-63-56(50-15-27-68(38-44)28-16-50)64-60(66-59)54-23-35-72(36-24-54)42-48-11-7-46(8-12-48)40-70-31-19-52(20-32-70)58(62-55)65-57/h1-36H,37-42H2/q+6. The van der Waals surface area contributed by atoms with Crippen LogP contribution in [0.25, 0.3) is 68.3 Å². The van der Waals surface area contributed by atoms with E-state index in [4.69, 9.17) is 29.9 Å². The number of hydrogen-bond acceptors (Lipinski definition) is 6. The molecule has 0 fully saturated rings. The zero-order valence-corrected chi connectivity index (χ0v) is 39.4. The van der Waals surface area contributed by atoms with Crippen LogP contribution in [0.5, 0.6) is 0 Å². The summed E-state index contributed by atoms with van der Waals surface area (Å²) in [7, 11) is 0. The fourth-order valence-electron chi connectivity index (χ4n) is 9.31. The fourth-order valence-corrected chi connectivity index (χ4v) is 9.31. The van der Waals surface area contributed by atoms with Crippen molar-refractivity contribution in [2.45, 2.75) is 39.3 Å². The van der Waals surface area contributed by atoms with Crippen molar-refractivity contribution in [1.29, 1.82) is 0 Å². The summed E-state index contributed by atoms with van der Waals surface area (Å²) in [6.45, 7) is 4.34. The highest BCUT2D eigenvalue weighted by Crippen LogP contribution is 2.26. The first-order valence-corrected chi connectivity index (χ1v) is 24.2. The van der Waals surface area contributed by atoms with Crippen molar-refractivity contribution in [2.24, 2.45) is 0 Å². The van der Waals surface area contributed by atoms with Gasteiger partial charge in [0.1, 0.15) is 0 Å². The number of pyridine rings is 6. The van der Waals surface area contributed by atoms with Crippen LogP contribution >= 0.6 is 0 Å². The Morgan fingerprint density at radius 3 is 0.431 bits per heavy atom. The van der Waals surface area contributed by atoms with Crippen LogP contribution < -0.4 is 27.4 Å². The van der Waals surface area contributed by atoms with Crippen LogP contribution in [0.4, 0.5) is 0 Å². The Morgan fingerprint density at radius 2 is 0.306 bits per heavy atom. The van der Waals surface area contributed by atoms with E-state index in [9.17, 15) is 0 Å². The quantitative estimate of drug-likeness (QED) is 0.157. The molecule has 0 radical (unpaired) electrons. The molecule has 12 heteroatoms. The highest BCUT2D eigenvalue weighted by Gasteiger charge is 2.19. The van der Waals surface area contributed by atoms with E-state index in [2.05, 4.69) is 247 Å². The second-order valence-corrected chi connectivity index (χ2v) is 18.6. The second kappa shape index (κ2) is 18.5. The summed E-state index contributed by atoms with van der Waals surface area (Å²) in [6, 6.07) is 51.5. The molecule has 342 valence electrons. The average molecular weight is 937 g/mol. The van der Waals surface area contributed by atoms with Crippen molar-refractivity contribution in [3.63, 3.8) is 0 Å². The van der Waals surface area contributed by atoms with Gasteiger partial charge >= 0.3 is 0 Å². The van der Waals surface area contributed by atoms with Crippen LogP contribution in [0.2, 0.25) is 0 Å². The molecule has 0 unspecified atom stereocenters. The van der Waals surface area contributed by atoms with Crippen LogP contribution in [-0.4, -0.2) is 29.9 Å². The number of hydrogen-bond donors (Lipinski definition) is 0. The van der Waals surface area contributed by atoms with Crippen LogP contribution in [0.15, 0.2) is 220 Å². The predicted molar refractivity (Wildman–Crippen MR) is 267 cm³/mol. The lowest BCUT2D eigenvalue weighted by atomic mass is 10.1. The maximum atomic E-state index is 5.09. The smallest absolute Gasteiger partial charge is 0.173 e. The molecule has 53 rings (SSSR count). The molecule has 0 spiro atoms. The zero-order valence-electron chi connectivity index (χ0n) is 39.4. The van der Waals surface area contributed by atoms with Gasteiger partial charge in [0, 0.05) is 140 Å². The number of benzene rings is 3. The predicted octanol–water partition coefficient (Wildman–Crippen LogP) is 6.70. The van der Waals surface area contributed by atoms with Gasteiger partial charge in [0.25, 0.3) is 0 Å². The lowest BCUT2D eigenvalue weighted by Crippen LogP contribution is -2.34. The summed E-state index contributed by atoms with van der Waals surface area (Å²) in [6.07, 6.45) is 25.2. The molecule has 0 N–H and O–H groups in total. The highest BCUT2D eigenvalue weighted by molar-refractivity contribution is 5.67. The third kappa shape index (κ3) is 9.24. The molecule has 0 atom stereocenters. The largest absolute Gasteiger partial charge is 0.208 e. The molecule has 50 heterocycles. The summed E-state index contributed by atoms with van der Waals surface area (Å²) >= 11 is 0. The molecule has 42 aliphatic rings. The normalized spacial score (nSPS) is 12.7. The lowest BCUT2D eigenvalue weighted by Gasteiger charge is -2.09. The van der Waals surface area contributed by atoms with Gasteiger partial charge in [-0.25, -0.2) is 57.3 Å². The fraction of sp³-hybridized carbons (Fsp3) is 0.100. The summed E-state index contributed by atoms with van der Waals surface area (Å²) < 4.78 is 13.1. The number of nitrogens with zero attached hydrogens (tertiary/aromatic N) is 12. The summed E-state index contributed by atoms with van der Waals surface area (Å²) in [4.78, 5) is 30.5. The maximum absolute atomic E-state index is 5.09. The molecule has 11 aromatic rings. The highest BCUT2D eigenvalue weighted by atomic mass is 15.1. The number of aromatic nitrogens is 12. The van der Waals surface area contributed by atoms with Gasteiger partial charge < -0.3 is 0 Å². The topological polar surface area (TPSA) is 101 Å². The van der Waals surface area contributed by atoms with Crippen molar-refractivity contribution in [1.82, 2.24) is 29.9 Å². The minimum absolute atomic E-state index is 0.617.